The fourth-order valence-corrected chi connectivity index (χ4v) is 2.39. The predicted octanol–water partition coefficient (Wildman–Crippen LogP) is 2.37. The van der Waals surface area contributed by atoms with Gasteiger partial charge in [0.2, 0.25) is 5.79 Å². The molecular formula is C13H18ClNO3. The van der Waals surface area contributed by atoms with E-state index in [9.17, 15) is 10.3 Å². The number of hydrogen-bond donors (Lipinski definition) is 2. The zero-order valence-electron chi connectivity index (χ0n) is 10.7. The van der Waals surface area contributed by atoms with E-state index in [1.807, 2.05) is 13.8 Å². The van der Waals surface area contributed by atoms with Crippen LogP contribution in [0, 0.1) is 0 Å². The Kier molecular flexibility index (Phi) is 3.42. The fourth-order valence-electron chi connectivity index (χ4n) is 2.20. The van der Waals surface area contributed by atoms with Crippen molar-refractivity contribution >= 4 is 11.6 Å². The summed E-state index contributed by atoms with van der Waals surface area (Å²) in [6.07, 6.45) is 0. The second-order valence-electron chi connectivity index (χ2n) is 5.33. The SMILES string of the molecule is C[C@@H]1N(O)C(C)(C)CO[C@@]1(O)c1cccc(Cl)c1. The summed E-state index contributed by atoms with van der Waals surface area (Å²) in [6, 6.07) is 6.24. The maximum Gasteiger partial charge on any atom is 0.210 e. The van der Waals surface area contributed by atoms with Gasteiger partial charge in [-0.1, -0.05) is 23.7 Å². The second kappa shape index (κ2) is 4.47. The summed E-state index contributed by atoms with van der Waals surface area (Å²) in [6.45, 7) is 5.63. The molecule has 0 spiro atoms. The predicted molar refractivity (Wildman–Crippen MR) is 68.5 cm³/mol. The van der Waals surface area contributed by atoms with Crippen LogP contribution in [0.15, 0.2) is 24.3 Å². The van der Waals surface area contributed by atoms with Crippen LogP contribution in [0.2, 0.25) is 5.02 Å². The standard InChI is InChI=1S/C13H18ClNO3/c1-9-13(16,10-5-4-6-11(14)7-10)18-8-12(2,3)15(9)17/h4-7,9,16-17H,8H2,1-3H3/t9-,13+/m0/s1. The van der Waals surface area contributed by atoms with Gasteiger partial charge in [0, 0.05) is 10.6 Å². The molecule has 2 atom stereocenters. The molecule has 4 nitrogen and oxygen atoms in total. The number of ether oxygens (including phenoxy) is 1. The molecule has 0 radical (unpaired) electrons. The molecule has 0 aliphatic carbocycles. The summed E-state index contributed by atoms with van der Waals surface area (Å²) in [5.74, 6) is -1.56. The van der Waals surface area contributed by atoms with Crippen molar-refractivity contribution in [1.29, 1.82) is 0 Å². The first kappa shape index (κ1) is 13.8. The molecule has 2 rings (SSSR count). The Morgan fingerprint density at radius 3 is 2.72 bits per heavy atom. The Balaban J connectivity index is 2.38. The number of morpholine rings is 1. The van der Waals surface area contributed by atoms with Crippen molar-refractivity contribution in [3.8, 4) is 0 Å². The van der Waals surface area contributed by atoms with Gasteiger partial charge in [-0.3, -0.25) is 0 Å². The number of benzene rings is 1. The van der Waals surface area contributed by atoms with Crippen molar-refractivity contribution in [3.05, 3.63) is 34.9 Å². The largest absolute Gasteiger partial charge is 0.361 e. The number of hydroxylamine groups is 2. The molecule has 1 aliphatic rings. The molecular weight excluding hydrogens is 254 g/mol. The van der Waals surface area contributed by atoms with Crippen LogP contribution in [0.1, 0.15) is 26.3 Å². The average Bonchev–Trinajstić information content (AvgIpc) is 2.32. The van der Waals surface area contributed by atoms with Gasteiger partial charge in [-0.05, 0) is 32.9 Å². The molecule has 1 fully saturated rings. The van der Waals surface area contributed by atoms with Crippen LogP contribution in [-0.2, 0) is 10.5 Å². The van der Waals surface area contributed by atoms with Gasteiger partial charge in [-0.2, -0.15) is 5.06 Å². The van der Waals surface area contributed by atoms with E-state index in [0.29, 0.717) is 10.6 Å². The first-order valence-electron chi connectivity index (χ1n) is 5.88. The lowest BCUT2D eigenvalue weighted by Gasteiger charge is -2.50. The highest BCUT2D eigenvalue weighted by Gasteiger charge is 2.50. The van der Waals surface area contributed by atoms with Gasteiger partial charge in [0.25, 0.3) is 0 Å². The van der Waals surface area contributed by atoms with Gasteiger partial charge in [0.1, 0.15) is 0 Å². The molecule has 0 amide bonds. The molecule has 0 bridgehead atoms. The molecule has 1 aromatic rings. The lowest BCUT2D eigenvalue weighted by molar-refractivity contribution is -0.363. The molecule has 2 N–H and O–H groups in total. The Hall–Kier alpha value is -0.650. The first-order valence-corrected chi connectivity index (χ1v) is 6.26. The van der Waals surface area contributed by atoms with Crippen LogP contribution >= 0.6 is 11.6 Å². The van der Waals surface area contributed by atoms with Gasteiger partial charge in [-0.15, -0.1) is 0 Å². The highest BCUT2D eigenvalue weighted by Crippen LogP contribution is 2.38. The van der Waals surface area contributed by atoms with E-state index >= 15 is 0 Å². The Labute approximate surface area is 112 Å². The van der Waals surface area contributed by atoms with E-state index in [2.05, 4.69) is 0 Å². The summed E-state index contributed by atoms with van der Waals surface area (Å²) in [5.41, 5.74) is 0.00146. The molecule has 0 unspecified atom stereocenters. The summed E-state index contributed by atoms with van der Waals surface area (Å²) < 4.78 is 5.60. The van der Waals surface area contributed by atoms with Crippen LogP contribution < -0.4 is 0 Å². The molecule has 100 valence electrons. The molecule has 1 saturated heterocycles. The topological polar surface area (TPSA) is 52.9 Å². The normalized spacial score (nSPS) is 32.4. The molecule has 1 heterocycles. The maximum absolute atomic E-state index is 10.7. The molecule has 18 heavy (non-hydrogen) atoms. The van der Waals surface area contributed by atoms with E-state index in [1.54, 1.807) is 31.2 Å². The quantitative estimate of drug-likeness (QED) is 0.823. The number of nitrogens with zero attached hydrogens (tertiary/aromatic N) is 1. The zero-order valence-corrected chi connectivity index (χ0v) is 11.5. The third kappa shape index (κ3) is 2.15. The average molecular weight is 272 g/mol. The summed E-state index contributed by atoms with van der Waals surface area (Å²) >= 11 is 5.92. The van der Waals surface area contributed by atoms with Crippen LogP contribution in [-0.4, -0.2) is 33.6 Å². The lowest BCUT2D eigenvalue weighted by Crippen LogP contribution is -2.63. The summed E-state index contributed by atoms with van der Waals surface area (Å²) in [5, 5.41) is 22.4. The van der Waals surface area contributed by atoms with Gasteiger partial charge in [0.05, 0.1) is 18.2 Å². The Morgan fingerprint density at radius 2 is 2.11 bits per heavy atom. The van der Waals surface area contributed by atoms with Gasteiger partial charge < -0.3 is 15.1 Å². The van der Waals surface area contributed by atoms with Gasteiger partial charge >= 0.3 is 0 Å². The van der Waals surface area contributed by atoms with E-state index in [1.165, 1.54) is 0 Å². The Bertz CT molecular complexity index is 452. The number of rotatable bonds is 1. The molecule has 5 heteroatoms. The number of hydrogen-bond acceptors (Lipinski definition) is 4. The van der Waals surface area contributed by atoms with Crippen molar-refractivity contribution < 1.29 is 15.1 Å². The minimum absolute atomic E-state index is 0.219. The van der Waals surface area contributed by atoms with Crippen LogP contribution in [0.3, 0.4) is 0 Å². The number of halogens is 1. The van der Waals surface area contributed by atoms with Crippen LogP contribution in [0.4, 0.5) is 0 Å². The third-order valence-corrected chi connectivity index (χ3v) is 3.67. The Morgan fingerprint density at radius 1 is 1.44 bits per heavy atom. The smallest absolute Gasteiger partial charge is 0.210 e. The number of aliphatic hydroxyl groups is 1. The third-order valence-electron chi connectivity index (χ3n) is 3.44. The first-order chi connectivity index (χ1) is 8.27. The van der Waals surface area contributed by atoms with Gasteiger partial charge in [0.15, 0.2) is 0 Å². The molecule has 1 aliphatic heterocycles. The molecule has 1 aromatic carbocycles. The van der Waals surface area contributed by atoms with Crippen molar-refractivity contribution in [1.82, 2.24) is 5.06 Å². The van der Waals surface area contributed by atoms with Crippen molar-refractivity contribution in [3.63, 3.8) is 0 Å². The minimum Gasteiger partial charge on any atom is -0.361 e. The van der Waals surface area contributed by atoms with E-state index < -0.39 is 17.4 Å². The van der Waals surface area contributed by atoms with Crippen LogP contribution in [0.5, 0.6) is 0 Å². The lowest BCUT2D eigenvalue weighted by atomic mass is 9.92. The summed E-state index contributed by atoms with van der Waals surface area (Å²) in [4.78, 5) is 0. The van der Waals surface area contributed by atoms with Crippen molar-refractivity contribution in [2.24, 2.45) is 0 Å². The van der Waals surface area contributed by atoms with Crippen molar-refractivity contribution in [2.45, 2.75) is 38.1 Å². The second-order valence-corrected chi connectivity index (χ2v) is 5.76. The molecule has 0 saturated carbocycles. The van der Waals surface area contributed by atoms with Crippen molar-refractivity contribution in [2.75, 3.05) is 6.61 Å². The molecule has 0 aromatic heterocycles. The summed E-state index contributed by atoms with van der Waals surface area (Å²) in [7, 11) is 0. The minimum atomic E-state index is -1.56. The fraction of sp³-hybridized carbons (Fsp3) is 0.538. The van der Waals surface area contributed by atoms with E-state index in [4.69, 9.17) is 16.3 Å². The maximum atomic E-state index is 10.7. The highest BCUT2D eigenvalue weighted by molar-refractivity contribution is 6.30. The van der Waals surface area contributed by atoms with Gasteiger partial charge in [-0.25, -0.2) is 0 Å². The van der Waals surface area contributed by atoms with E-state index in [-0.39, 0.29) is 6.61 Å². The zero-order chi connectivity index (χ0) is 13.6. The van der Waals surface area contributed by atoms with E-state index in [0.717, 1.165) is 5.06 Å². The highest BCUT2D eigenvalue weighted by atomic mass is 35.5. The monoisotopic (exact) mass is 271 g/mol. The van der Waals surface area contributed by atoms with Crippen LogP contribution in [0.25, 0.3) is 0 Å².